The lowest BCUT2D eigenvalue weighted by atomic mass is 10.1. The van der Waals surface area contributed by atoms with E-state index in [-0.39, 0.29) is 0 Å². The molecule has 0 spiro atoms. The molecule has 0 fully saturated rings. The fourth-order valence-electron chi connectivity index (χ4n) is 2.08. The number of aromatic nitrogens is 1. The minimum absolute atomic E-state index is 0.582. The van der Waals surface area contributed by atoms with Crippen molar-refractivity contribution in [1.29, 1.82) is 0 Å². The molecule has 0 radical (unpaired) electrons. The number of pyridine rings is 1. The third-order valence-corrected chi connectivity index (χ3v) is 3.41. The first-order chi connectivity index (χ1) is 9.65. The quantitative estimate of drug-likeness (QED) is 0.701. The fraction of sp³-hybridized carbons (Fsp3) is 0.0625. The highest BCUT2D eigenvalue weighted by Gasteiger charge is 2.08. The number of ether oxygens (including phenoxy) is 1. The summed E-state index contributed by atoms with van der Waals surface area (Å²) in [6, 6.07) is 11.2. The third kappa shape index (κ3) is 2.28. The highest BCUT2D eigenvalue weighted by atomic mass is 35.5. The van der Waals surface area contributed by atoms with E-state index in [1.165, 1.54) is 0 Å². The summed E-state index contributed by atoms with van der Waals surface area (Å²) in [4.78, 5) is 4.12. The van der Waals surface area contributed by atoms with E-state index >= 15 is 0 Å². The van der Waals surface area contributed by atoms with Gasteiger partial charge in [-0.15, -0.1) is 0 Å². The maximum absolute atomic E-state index is 6.20. The Bertz CT molecular complexity index is 787. The second-order valence-electron chi connectivity index (χ2n) is 4.61. The van der Waals surface area contributed by atoms with Gasteiger partial charge >= 0.3 is 0 Å². The van der Waals surface area contributed by atoms with Crippen molar-refractivity contribution >= 4 is 28.1 Å². The number of anilines is 1. The Morgan fingerprint density at radius 3 is 2.65 bits per heavy atom. The summed E-state index contributed by atoms with van der Waals surface area (Å²) in [6.45, 7) is 1.98. The summed E-state index contributed by atoms with van der Waals surface area (Å²) in [5.41, 5.74) is 7.75. The van der Waals surface area contributed by atoms with Gasteiger partial charge in [0.05, 0.1) is 5.02 Å². The van der Waals surface area contributed by atoms with Crippen molar-refractivity contribution in [3.05, 3.63) is 59.4 Å². The molecule has 0 amide bonds. The van der Waals surface area contributed by atoms with Crippen molar-refractivity contribution in [3.63, 3.8) is 0 Å². The molecular weight excluding hydrogens is 272 g/mol. The summed E-state index contributed by atoms with van der Waals surface area (Å²) in [6.07, 6.45) is 3.45. The summed E-state index contributed by atoms with van der Waals surface area (Å²) < 4.78 is 5.90. The Balaban J connectivity index is 2.09. The van der Waals surface area contributed by atoms with Gasteiger partial charge in [0.25, 0.3) is 0 Å². The molecule has 0 saturated carbocycles. The lowest BCUT2D eigenvalue weighted by Gasteiger charge is -2.11. The van der Waals surface area contributed by atoms with Crippen molar-refractivity contribution < 1.29 is 4.74 Å². The highest BCUT2D eigenvalue weighted by Crippen LogP contribution is 2.35. The summed E-state index contributed by atoms with van der Waals surface area (Å²) in [7, 11) is 0. The standard InChI is InChI=1S/C16H13ClN2O/c1-10-2-4-16(13(17)8-10)20-15-5-3-14(18)11-6-7-19-9-12(11)15/h2-9H,18H2,1H3. The number of hydrogen-bond acceptors (Lipinski definition) is 3. The Kier molecular flexibility index (Phi) is 3.20. The first-order valence-electron chi connectivity index (χ1n) is 6.21. The van der Waals surface area contributed by atoms with Gasteiger partial charge in [-0.2, -0.15) is 0 Å². The number of halogens is 1. The number of aryl methyl sites for hydroxylation is 1. The molecule has 4 heteroatoms. The second kappa shape index (κ2) is 5.02. The number of rotatable bonds is 2. The predicted molar refractivity (Wildman–Crippen MR) is 82.4 cm³/mol. The normalized spacial score (nSPS) is 10.7. The van der Waals surface area contributed by atoms with E-state index in [0.29, 0.717) is 22.2 Å². The van der Waals surface area contributed by atoms with Gasteiger partial charge in [-0.1, -0.05) is 17.7 Å². The number of nitrogen functional groups attached to an aromatic ring is 1. The van der Waals surface area contributed by atoms with Crippen LogP contribution >= 0.6 is 11.6 Å². The lowest BCUT2D eigenvalue weighted by Crippen LogP contribution is -1.92. The average Bonchev–Trinajstić information content (AvgIpc) is 2.45. The van der Waals surface area contributed by atoms with Crippen LogP contribution in [0.15, 0.2) is 48.8 Å². The van der Waals surface area contributed by atoms with Gasteiger partial charge in [0.15, 0.2) is 0 Å². The van der Waals surface area contributed by atoms with E-state index < -0.39 is 0 Å². The van der Waals surface area contributed by atoms with E-state index in [4.69, 9.17) is 22.1 Å². The molecule has 0 aliphatic rings. The van der Waals surface area contributed by atoms with Gasteiger partial charge in [-0.25, -0.2) is 0 Å². The van der Waals surface area contributed by atoms with E-state index in [2.05, 4.69) is 4.98 Å². The number of hydrogen-bond donors (Lipinski definition) is 1. The molecule has 20 heavy (non-hydrogen) atoms. The molecule has 0 aliphatic carbocycles. The average molecular weight is 285 g/mol. The maximum Gasteiger partial charge on any atom is 0.146 e. The van der Waals surface area contributed by atoms with Crippen LogP contribution in [0, 0.1) is 6.92 Å². The first-order valence-corrected chi connectivity index (χ1v) is 6.59. The molecule has 2 N–H and O–H groups in total. The van der Waals surface area contributed by atoms with Crippen LogP contribution < -0.4 is 10.5 Å². The van der Waals surface area contributed by atoms with Crippen molar-refractivity contribution in [2.75, 3.05) is 5.73 Å². The van der Waals surface area contributed by atoms with Gasteiger partial charge in [-0.05, 0) is 42.8 Å². The minimum atomic E-state index is 0.582. The Morgan fingerprint density at radius 1 is 1.05 bits per heavy atom. The molecule has 3 nitrogen and oxygen atoms in total. The zero-order valence-corrected chi connectivity index (χ0v) is 11.7. The third-order valence-electron chi connectivity index (χ3n) is 3.12. The molecule has 0 saturated heterocycles. The molecular formula is C16H13ClN2O. The molecule has 3 aromatic rings. The highest BCUT2D eigenvalue weighted by molar-refractivity contribution is 6.32. The summed E-state index contributed by atoms with van der Waals surface area (Å²) >= 11 is 6.20. The van der Waals surface area contributed by atoms with Crippen LogP contribution in [-0.2, 0) is 0 Å². The lowest BCUT2D eigenvalue weighted by molar-refractivity contribution is 0.488. The van der Waals surface area contributed by atoms with Crippen molar-refractivity contribution in [2.24, 2.45) is 0 Å². The van der Waals surface area contributed by atoms with Crippen LogP contribution in [0.2, 0.25) is 5.02 Å². The van der Waals surface area contributed by atoms with Crippen LogP contribution in [-0.4, -0.2) is 4.98 Å². The van der Waals surface area contributed by atoms with E-state index in [0.717, 1.165) is 16.3 Å². The van der Waals surface area contributed by atoms with E-state index in [9.17, 15) is 0 Å². The predicted octanol–water partition coefficient (Wildman–Crippen LogP) is 4.57. The van der Waals surface area contributed by atoms with Crippen LogP contribution in [0.1, 0.15) is 5.56 Å². The van der Waals surface area contributed by atoms with E-state index in [1.54, 1.807) is 12.4 Å². The molecule has 0 unspecified atom stereocenters. The molecule has 3 rings (SSSR count). The maximum atomic E-state index is 6.20. The molecule has 0 bridgehead atoms. The van der Waals surface area contributed by atoms with Crippen LogP contribution in [0.4, 0.5) is 5.69 Å². The Labute approximate surface area is 122 Å². The van der Waals surface area contributed by atoms with Gasteiger partial charge in [0.1, 0.15) is 11.5 Å². The second-order valence-corrected chi connectivity index (χ2v) is 5.02. The van der Waals surface area contributed by atoms with Crippen LogP contribution in [0.3, 0.4) is 0 Å². The van der Waals surface area contributed by atoms with Gasteiger partial charge in [0.2, 0.25) is 0 Å². The fourth-order valence-corrected chi connectivity index (χ4v) is 2.36. The molecule has 1 heterocycles. The minimum Gasteiger partial charge on any atom is -0.455 e. The molecule has 1 aromatic heterocycles. The van der Waals surface area contributed by atoms with Crippen molar-refractivity contribution in [1.82, 2.24) is 4.98 Å². The molecule has 0 aliphatic heterocycles. The smallest absolute Gasteiger partial charge is 0.146 e. The number of nitrogens with two attached hydrogens (primary N) is 1. The number of nitrogens with zero attached hydrogens (tertiary/aromatic N) is 1. The monoisotopic (exact) mass is 284 g/mol. The van der Waals surface area contributed by atoms with Crippen molar-refractivity contribution in [2.45, 2.75) is 6.92 Å². The van der Waals surface area contributed by atoms with Crippen LogP contribution in [0.25, 0.3) is 10.8 Å². The largest absolute Gasteiger partial charge is 0.455 e. The number of benzene rings is 2. The Hall–Kier alpha value is -2.26. The van der Waals surface area contributed by atoms with E-state index in [1.807, 2.05) is 43.3 Å². The molecule has 100 valence electrons. The van der Waals surface area contributed by atoms with Gasteiger partial charge in [0, 0.05) is 28.9 Å². The van der Waals surface area contributed by atoms with Crippen LogP contribution in [0.5, 0.6) is 11.5 Å². The zero-order valence-electron chi connectivity index (χ0n) is 10.9. The molecule has 0 atom stereocenters. The van der Waals surface area contributed by atoms with Crippen molar-refractivity contribution in [3.8, 4) is 11.5 Å². The first kappa shape index (κ1) is 12.8. The topological polar surface area (TPSA) is 48.1 Å². The Morgan fingerprint density at radius 2 is 1.85 bits per heavy atom. The van der Waals surface area contributed by atoms with Gasteiger partial charge in [-0.3, -0.25) is 4.98 Å². The molecule has 2 aromatic carbocycles. The van der Waals surface area contributed by atoms with Gasteiger partial charge < -0.3 is 10.5 Å². The number of fused-ring (bicyclic) bond motifs is 1. The summed E-state index contributed by atoms with van der Waals surface area (Å²) in [5.74, 6) is 1.31. The zero-order chi connectivity index (χ0) is 14.1. The SMILES string of the molecule is Cc1ccc(Oc2ccc(N)c3ccncc23)c(Cl)c1. The summed E-state index contributed by atoms with van der Waals surface area (Å²) in [5, 5.41) is 2.36.